The van der Waals surface area contributed by atoms with Gasteiger partial charge in [-0.1, -0.05) is 48.3 Å². The molecule has 0 spiro atoms. The van der Waals surface area contributed by atoms with Gasteiger partial charge in [-0.25, -0.2) is 0 Å². The number of nitrogens with two attached hydrogens (primary N) is 1. The molecule has 2 aromatic heterocycles. The Bertz CT molecular complexity index is 1310. The summed E-state index contributed by atoms with van der Waals surface area (Å²) in [6.45, 7) is 6.31. The molecule has 0 atom stereocenters. The molecule has 0 bridgehead atoms. The van der Waals surface area contributed by atoms with E-state index in [1.807, 2.05) is 45.0 Å². The highest BCUT2D eigenvalue weighted by Crippen LogP contribution is 2.39. The van der Waals surface area contributed by atoms with E-state index in [4.69, 9.17) is 38.2 Å². The van der Waals surface area contributed by atoms with E-state index in [0.717, 1.165) is 27.3 Å². The lowest BCUT2D eigenvalue weighted by Crippen LogP contribution is -2.07. The van der Waals surface area contributed by atoms with Crippen LogP contribution in [0.4, 0.5) is 0 Å². The fourth-order valence-corrected chi connectivity index (χ4v) is 5.13. The van der Waals surface area contributed by atoms with Crippen LogP contribution in [0.5, 0.6) is 5.75 Å². The van der Waals surface area contributed by atoms with Gasteiger partial charge in [0.05, 0.1) is 20.5 Å². The molecule has 0 aliphatic heterocycles. The van der Waals surface area contributed by atoms with Gasteiger partial charge in [0.15, 0.2) is 0 Å². The Balaban J connectivity index is 1.62. The van der Waals surface area contributed by atoms with Crippen molar-refractivity contribution < 1.29 is 14.1 Å². The molecule has 8 heteroatoms. The SMILES string of the molecule is Cc1cc(OCc2c(-c3c(Cl)cccc3Cl)noc2C(C)C)ccc1-c1ccc(C(N)=O)s1. The summed E-state index contributed by atoms with van der Waals surface area (Å²) in [5.74, 6) is 1.11. The van der Waals surface area contributed by atoms with E-state index >= 15 is 0 Å². The molecule has 0 unspecified atom stereocenters. The van der Waals surface area contributed by atoms with E-state index in [1.54, 1.807) is 24.3 Å². The molecule has 2 N–H and O–H groups in total. The molecule has 5 nitrogen and oxygen atoms in total. The number of carbonyl (C=O) groups excluding carboxylic acids is 1. The Morgan fingerprint density at radius 3 is 2.48 bits per heavy atom. The summed E-state index contributed by atoms with van der Waals surface area (Å²) < 4.78 is 11.8. The van der Waals surface area contributed by atoms with Gasteiger partial charge in [0.25, 0.3) is 5.91 Å². The molecule has 4 aromatic rings. The lowest BCUT2D eigenvalue weighted by Gasteiger charge is -2.12. The fourth-order valence-electron chi connectivity index (χ4n) is 3.61. The summed E-state index contributed by atoms with van der Waals surface area (Å²) in [6.07, 6.45) is 0. The second-order valence-electron chi connectivity index (χ2n) is 7.92. The lowest BCUT2D eigenvalue weighted by molar-refractivity contribution is 0.100. The van der Waals surface area contributed by atoms with Crippen molar-refractivity contribution in [1.29, 1.82) is 0 Å². The van der Waals surface area contributed by atoms with Crippen LogP contribution in [0.25, 0.3) is 21.7 Å². The largest absolute Gasteiger partial charge is 0.489 e. The molecule has 170 valence electrons. The first-order valence-electron chi connectivity index (χ1n) is 10.3. The molecule has 0 saturated heterocycles. The Kier molecular flexibility index (Phi) is 6.79. The topological polar surface area (TPSA) is 78.3 Å². The summed E-state index contributed by atoms with van der Waals surface area (Å²) in [6, 6.07) is 14.8. The highest BCUT2D eigenvalue weighted by atomic mass is 35.5. The van der Waals surface area contributed by atoms with Crippen LogP contribution in [0.1, 0.15) is 46.3 Å². The van der Waals surface area contributed by atoms with Gasteiger partial charge in [0, 0.05) is 16.4 Å². The van der Waals surface area contributed by atoms with Crippen molar-refractivity contribution in [2.24, 2.45) is 5.73 Å². The summed E-state index contributed by atoms with van der Waals surface area (Å²) in [5.41, 5.74) is 9.45. The molecule has 2 aromatic carbocycles. The number of primary amides is 1. The Hall–Kier alpha value is -2.80. The maximum absolute atomic E-state index is 11.4. The number of aryl methyl sites for hydroxylation is 1. The predicted molar refractivity (Wildman–Crippen MR) is 133 cm³/mol. The Morgan fingerprint density at radius 2 is 1.88 bits per heavy atom. The van der Waals surface area contributed by atoms with Crippen molar-refractivity contribution in [3.05, 3.63) is 80.3 Å². The van der Waals surface area contributed by atoms with E-state index in [0.29, 0.717) is 31.9 Å². The number of hydrogen-bond acceptors (Lipinski definition) is 5. The number of nitrogens with zero attached hydrogens (tertiary/aromatic N) is 1. The van der Waals surface area contributed by atoms with Crippen molar-refractivity contribution in [2.45, 2.75) is 33.3 Å². The first-order chi connectivity index (χ1) is 15.8. The molecule has 0 aliphatic rings. The van der Waals surface area contributed by atoms with E-state index in [1.165, 1.54) is 11.3 Å². The standard InChI is InChI=1S/C25H22Cl2N2O3S/c1-13(2)24-17(23(29-32-24)22-18(26)5-4-6-19(22)27)12-31-15-7-8-16(14(3)11-15)20-9-10-21(33-20)25(28)30/h4-11,13H,12H2,1-3H3,(H2,28,30). The fraction of sp³-hybridized carbons (Fsp3) is 0.200. The third-order valence-corrected chi connectivity index (χ3v) is 7.00. The highest BCUT2D eigenvalue weighted by molar-refractivity contribution is 7.17. The first kappa shape index (κ1) is 23.4. The maximum atomic E-state index is 11.4. The molecule has 0 radical (unpaired) electrons. The van der Waals surface area contributed by atoms with Crippen LogP contribution >= 0.6 is 34.5 Å². The predicted octanol–water partition coefficient (Wildman–Crippen LogP) is 7.49. The summed E-state index contributed by atoms with van der Waals surface area (Å²) in [4.78, 5) is 12.9. The van der Waals surface area contributed by atoms with Gasteiger partial charge in [-0.05, 0) is 60.5 Å². The number of hydrogen-bond donors (Lipinski definition) is 1. The highest BCUT2D eigenvalue weighted by Gasteiger charge is 2.24. The second kappa shape index (κ2) is 9.59. The number of halogens is 2. The van der Waals surface area contributed by atoms with Crippen LogP contribution in [0, 0.1) is 6.92 Å². The van der Waals surface area contributed by atoms with E-state index in [2.05, 4.69) is 5.16 Å². The smallest absolute Gasteiger partial charge is 0.258 e. The molecule has 2 heterocycles. The zero-order valence-electron chi connectivity index (χ0n) is 18.3. The second-order valence-corrected chi connectivity index (χ2v) is 9.82. The molecular weight excluding hydrogens is 479 g/mol. The van der Waals surface area contributed by atoms with Gasteiger partial charge in [-0.3, -0.25) is 4.79 Å². The van der Waals surface area contributed by atoms with Crippen molar-refractivity contribution in [2.75, 3.05) is 0 Å². The minimum atomic E-state index is -0.423. The molecule has 33 heavy (non-hydrogen) atoms. The van der Waals surface area contributed by atoms with Crippen molar-refractivity contribution in [3.63, 3.8) is 0 Å². The van der Waals surface area contributed by atoms with Gasteiger partial charge < -0.3 is 15.0 Å². The quantitative estimate of drug-likeness (QED) is 0.285. The van der Waals surface area contributed by atoms with Crippen LogP contribution in [0.15, 0.2) is 53.1 Å². The van der Waals surface area contributed by atoms with E-state index in [-0.39, 0.29) is 12.5 Å². The van der Waals surface area contributed by atoms with Gasteiger partial charge >= 0.3 is 0 Å². The van der Waals surface area contributed by atoms with Crippen LogP contribution in [-0.2, 0) is 6.61 Å². The zero-order valence-corrected chi connectivity index (χ0v) is 20.6. The first-order valence-corrected chi connectivity index (χ1v) is 11.9. The minimum absolute atomic E-state index is 0.105. The van der Waals surface area contributed by atoms with E-state index < -0.39 is 5.91 Å². The molecule has 1 amide bonds. The van der Waals surface area contributed by atoms with Crippen LogP contribution < -0.4 is 10.5 Å². The van der Waals surface area contributed by atoms with Crippen LogP contribution in [-0.4, -0.2) is 11.1 Å². The number of aromatic nitrogens is 1. The lowest BCUT2D eigenvalue weighted by atomic mass is 10.0. The minimum Gasteiger partial charge on any atom is -0.489 e. The summed E-state index contributed by atoms with van der Waals surface area (Å²) in [7, 11) is 0. The van der Waals surface area contributed by atoms with E-state index in [9.17, 15) is 4.79 Å². The maximum Gasteiger partial charge on any atom is 0.258 e. The number of benzene rings is 2. The monoisotopic (exact) mass is 500 g/mol. The third-order valence-electron chi connectivity index (χ3n) is 5.24. The molecule has 0 saturated carbocycles. The van der Waals surface area contributed by atoms with Crippen LogP contribution in [0.3, 0.4) is 0 Å². The van der Waals surface area contributed by atoms with Crippen molar-refractivity contribution in [1.82, 2.24) is 5.16 Å². The molecule has 0 aliphatic carbocycles. The summed E-state index contributed by atoms with van der Waals surface area (Å²) in [5, 5.41) is 5.27. The van der Waals surface area contributed by atoms with Gasteiger partial charge in [0.2, 0.25) is 0 Å². The van der Waals surface area contributed by atoms with Gasteiger partial charge in [-0.15, -0.1) is 11.3 Å². The zero-order chi connectivity index (χ0) is 23.7. The number of amides is 1. The average Bonchev–Trinajstić information content (AvgIpc) is 3.40. The Morgan fingerprint density at radius 1 is 1.15 bits per heavy atom. The third kappa shape index (κ3) is 4.78. The Labute approximate surface area is 206 Å². The van der Waals surface area contributed by atoms with Gasteiger partial charge in [0.1, 0.15) is 23.8 Å². The van der Waals surface area contributed by atoms with Crippen molar-refractivity contribution >= 4 is 40.4 Å². The van der Waals surface area contributed by atoms with Crippen LogP contribution in [0.2, 0.25) is 10.0 Å². The summed E-state index contributed by atoms with van der Waals surface area (Å²) >= 11 is 14.2. The number of thiophene rings is 1. The number of rotatable bonds is 7. The van der Waals surface area contributed by atoms with Gasteiger partial charge in [-0.2, -0.15) is 0 Å². The molecule has 4 rings (SSSR count). The van der Waals surface area contributed by atoms with Crippen molar-refractivity contribution in [3.8, 4) is 27.4 Å². The molecule has 0 fully saturated rings. The molecular formula is C25H22Cl2N2O3S. The number of carbonyl (C=O) groups is 1. The number of ether oxygens (including phenoxy) is 1. The average molecular weight is 501 g/mol. The normalized spacial score (nSPS) is 11.2.